The van der Waals surface area contributed by atoms with Crippen molar-refractivity contribution >= 4 is 11.8 Å². The molecule has 9 nitrogen and oxygen atoms in total. The van der Waals surface area contributed by atoms with Gasteiger partial charge < -0.3 is 24.8 Å². The summed E-state index contributed by atoms with van der Waals surface area (Å²) in [5.74, 6) is 2.23. The van der Waals surface area contributed by atoms with E-state index in [9.17, 15) is 8.78 Å². The van der Waals surface area contributed by atoms with Crippen LogP contribution in [0, 0.1) is 23.5 Å². The number of hydrogen-bond donors (Lipinski definition) is 1. The minimum absolute atomic E-state index is 0.242. The molecule has 0 unspecified atom stereocenters. The molecule has 40 heavy (non-hydrogen) atoms. The molecule has 2 saturated heterocycles. The molecule has 2 N–H and O–H groups in total. The zero-order valence-electron chi connectivity index (χ0n) is 23.5. The van der Waals surface area contributed by atoms with Gasteiger partial charge in [0.1, 0.15) is 17.5 Å². The van der Waals surface area contributed by atoms with E-state index in [4.69, 9.17) is 15.0 Å². The highest BCUT2D eigenvalue weighted by molar-refractivity contribution is 5.39. The Balaban J connectivity index is 1.05. The van der Waals surface area contributed by atoms with Gasteiger partial charge in [0.2, 0.25) is 5.88 Å². The summed E-state index contributed by atoms with van der Waals surface area (Å²) in [7, 11) is 0. The van der Waals surface area contributed by atoms with Gasteiger partial charge in [0.25, 0.3) is 0 Å². The Labute approximate surface area is 234 Å². The monoisotopic (exact) mass is 555 g/mol. The summed E-state index contributed by atoms with van der Waals surface area (Å²) in [6.45, 7) is 9.93. The molecule has 4 heterocycles. The smallest absolute Gasteiger partial charge is 0.324 e. The van der Waals surface area contributed by atoms with Crippen LogP contribution in [0.4, 0.5) is 20.6 Å². The van der Waals surface area contributed by atoms with Gasteiger partial charge in [-0.15, -0.1) is 0 Å². The van der Waals surface area contributed by atoms with Gasteiger partial charge in [0.15, 0.2) is 5.82 Å². The van der Waals surface area contributed by atoms with Crippen LogP contribution in [-0.4, -0.2) is 58.9 Å². The first kappa shape index (κ1) is 28.2. The fourth-order valence-electron chi connectivity index (χ4n) is 5.76. The van der Waals surface area contributed by atoms with E-state index in [1.165, 1.54) is 6.07 Å². The van der Waals surface area contributed by atoms with Crippen LogP contribution >= 0.6 is 0 Å². The van der Waals surface area contributed by atoms with Crippen molar-refractivity contribution in [2.24, 2.45) is 17.6 Å². The van der Waals surface area contributed by atoms with Gasteiger partial charge in [-0.2, -0.15) is 4.98 Å². The second kappa shape index (κ2) is 12.4. The van der Waals surface area contributed by atoms with Gasteiger partial charge in [-0.1, -0.05) is 25.9 Å². The van der Waals surface area contributed by atoms with Gasteiger partial charge in [0, 0.05) is 44.1 Å². The fourth-order valence-corrected chi connectivity index (χ4v) is 5.76. The van der Waals surface area contributed by atoms with Crippen molar-refractivity contribution in [3.8, 4) is 5.88 Å². The third-order valence-corrected chi connectivity index (χ3v) is 8.34. The Hall–Kier alpha value is -3.34. The maximum atomic E-state index is 14.3. The topological polar surface area (TPSA) is 106 Å². The molecule has 0 spiro atoms. The van der Waals surface area contributed by atoms with E-state index in [0.29, 0.717) is 61.2 Å². The summed E-state index contributed by atoms with van der Waals surface area (Å²) >= 11 is 0. The summed E-state index contributed by atoms with van der Waals surface area (Å²) in [5, 5.41) is 4.08. The molecular formula is C29H39F2N7O2. The highest BCUT2D eigenvalue weighted by atomic mass is 19.1. The SMILES string of the molecule is CC(C)c1noc(N2CCC([C@H](C)CCOc3cnc(N4CC[C@H](c5cc(F)ccc5F)[C@@H](N)C4)cn3)CC2)n1. The Morgan fingerprint density at radius 2 is 1.82 bits per heavy atom. The van der Waals surface area contributed by atoms with Crippen LogP contribution in [-0.2, 0) is 0 Å². The van der Waals surface area contributed by atoms with Crippen LogP contribution in [0.1, 0.15) is 69.7 Å². The van der Waals surface area contributed by atoms with Gasteiger partial charge in [-0.25, -0.2) is 18.7 Å². The molecule has 2 aliphatic heterocycles. The van der Waals surface area contributed by atoms with Crippen molar-refractivity contribution in [1.82, 2.24) is 20.1 Å². The molecule has 2 aromatic heterocycles. The van der Waals surface area contributed by atoms with Crippen molar-refractivity contribution < 1.29 is 18.0 Å². The predicted molar refractivity (Wildman–Crippen MR) is 149 cm³/mol. The number of aromatic nitrogens is 4. The first-order chi connectivity index (χ1) is 19.3. The molecule has 3 aromatic rings. The van der Waals surface area contributed by atoms with Crippen molar-refractivity contribution in [2.45, 2.75) is 64.3 Å². The highest BCUT2D eigenvalue weighted by Crippen LogP contribution is 2.32. The first-order valence-electron chi connectivity index (χ1n) is 14.3. The lowest BCUT2D eigenvalue weighted by atomic mass is 9.84. The number of nitrogens with two attached hydrogens (primary N) is 1. The highest BCUT2D eigenvalue weighted by Gasteiger charge is 2.31. The third kappa shape index (κ3) is 6.51. The van der Waals surface area contributed by atoms with Crippen LogP contribution in [0.3, 0.4) is 0 Å². The average molecular weight is 556 g/mol. The normalized spacial score (nSPS) is 21.2. The van der Waals surface area contributed by atoms with E-state index in [1.54, 1.807) is 12.4 Å². The van der Waals surface area contributed by atoms with Crippen LogP contribution in [0.2, 0.25) is 0 Å². The van der Waals surface area contributed by atoms with E-state index < -0.39 is 11.6 Å². The largest absolute Gasteiger partial charge is 0.477 e. The minimum atomic E-state index is -0.451. The fraction of sp³-hybridized carbons (Fsp3) is 0.586. The molecule has 0 saturated carbocycles. The van der Waals surface area contributed by atoms with E-state index >= 15 is 0 Å². The van der Waals surface area contributed by atoms with Crippen LogP contribution in [0.25, 0.3) is 0 Å². The third-order valence-electron chi connectivity index (χ3n) is 8.34. The predicted octanol–water partition coefficient (Wildman–Crippen LogP) is 4.90. The standard InChI is InChI=1S/C29H39F2N7O2/c1-18(2)28-35-29(40-36-28)37-10-6-20(7-11-37)19(3)9-13-39-27-16-33-26(15-34-27)38-12-8-22(25(32)17-38)23-14-21(30)4-5-24(23)31/h4-5,14-16,18-20,22,25H,6-13,17,32H2,1-3H3/t19-,22-,25+/m1/s1. The van der Waals surface area contributed by atoms with Crippen LogP contribution in [0.5, 0.6) is 5.88 Å². The molecule has 0 aliphatic carbocycles. The van der Waals surface area contributed by atoms with Crippen molar-refractivity contribution in [2.75, 3.05) is 42.6 Å². The first-order valence-corrected chi connectivity index (χ1v) is 14.3. The summed E-state index contributed by atoms with van der Waals surface area (Å²) < 4.78 is 39.3. The maximum Gasteiger partial charge on any atom is 0.324 e. The molecule has 5 rings (SSSR count). The van der Waals surface area contributed by atoms with Gasteiger partial charge >= 0.3 is 6.01 Å². The summed E-state index contributed by atoms with van der Waals surface area (Å²) in [6, 6.07) is 3.83. The molecule has 11 heteroatoms. The summed E-state index contributed by atoms with van der Waals surface area (Å²) in [6.07, 6.45) is 7.03. The number of anilines is 2. The average Bonchev–Trinajstić information content (AvgIpc) is 3.46. The molecule has 216 valence electrons. The molecule has 0 amide bonds. The number of halogens is 2. The molecular weight excluding hydrogens is 516 g/mol. The van der Waals surface area contributed by atoms with Crippen LogP contribution in [0.15, 0.2) is 35.1 Å². The Morgan fingerprint density at radius 3 is 2.50 bits per heavy atom. The lowest BCUT2D eigenvalue weighted by molar-refractivity contribution is 0.216. The van der Waals surface area contributed by atoms with E-state index in [2.05, 4.69) is 45.8 Å². The zero-order valence-corrected chi connectivity index (χ0v) is 23.5. The lowest BCUT2D eigenvalue weighted by Crippen LogP contribution is -2.48. The number of rotatable bonds is 9. The second-order valence-corrected chi connectivity index (χ2v) is 11.4. The minimum Gasteiger partial charge on any atom is -0.477 e. The van der Waals surface area contributed by atoms with Crippen molar-refractivity contribution in [3.63, 3.8) is 0 Å². The molecule has 2 fully saturated rings. The number of hydrogen-bond acceptors (Lipinski definition) is 9. The number of ether oxygens (including phenoxy) is 1. The van der Waals surface area contributed by atoms with E-state index in [-0.39, 0.29) is 17.9 Å². The van der Waals surface area contributed by atoms with Gasteiger partial charge in [-0.3, -0.25) is 0 Å². The van der Waals surface area contributed by atoms with Gasteiger partial charge in [-0.05, 0) is 61.3 Å². The van der Waals surface area contributed by atoms with E-state index in [0.717, 1.165) is 50.3 Å². The molecule has 0 radical (unpaired) electrons. The zero-order chi connectivity index (χ0) is 28.2. The molecule has 0 bridgehead atoms. The Kier molecular flexibility index (Phi) is 8.78. The number of piperidine rings is 2. The maximum absolute atomic E-state index is 14.3. The quantitative estimate of drug-likeness (QED) is 0.394. The van der Waals surface area contributed by atoms with Gasteiger partial charge in [0.05, 0.1) is 19.0 Å². The Morgan fingerprint density at radius 1 is 1.05 bits per heavy atom. The second-order valence-electron chi connectivity index (χ2n) is 11.4. The van der Waals surface area contributed by atoms with Crippen LogP contribution < -0.4 is 20.3 Å². The summed E-state index contributed by atoms with van der Waals surface area (Å²) in [4.78, 5) is 17.7. The lowest BCUT2D eigenvalue weighted by Gasteiger charge is -2.37. The molecule has 2 aliphatic rings. The number of nitrogens with zero attached hydrogens (tertiary/aromatic N) is 6. The van der Waals surface area contributed by atoms with E-state index in [1.807, 2.05) is 4.90 Å². The molecule has 1 aromatic carbocycles. The Bertz CT molecular complexity index is 1250. The summed E-state index contributed by atoms with van der Waals surface area (Å²) in [5.41, 5.74) is 6.72. The molecule has 3 atom stereocenters. The number of benzene rings is 1. The van der Waals surface area contributed by atoms with Crippen molar-refractivity contribution in [1.29, 1.82) is 0 Å². The van der Waals surface area contributed by atoms with Crippen molar-refractivity contribution in [3.05, 3.63) is 53.6 Å².